The van der Waals surface area contributed by atoms with E-state index in [2.05, 4.69) is 51.8 Å². The number of thioether (sulfide) groups is 1. The zero-order valence-corrected chi connectivity index (χ0v) is 16.5. The lowest BCUT2D eigenvalue weighted by Crippen LogP contribution is -2.11. The van der Waals surface area contributed by atoms with Crippen molar-refractivity contribution >= 4 is 23.7 Å². The zero-order chi connectivity index (χ0) is 19.2. The fraction of sp³-hybridized carbons (Fsp3) is 0.368. The van der Waals surface area contributed by atoms with Gasteiger partial charge in [-0.1, -0.05) is 22.8 Å². The number of hydrogen-bond donors (Lipinski definition) is 1. The fourth-order valence-corrected chi connectivity index (χ4v) is 3.36. The second kappa shape index (κ2) is 8.85. The minimum absolute atomic E-state index is 0.109. The van der Waals surface area contributed by atoms with Crippen LogP contribution in [0.4, 0.5) is 6.01 Å². The van der Waals surface area contributed by atoms with E-state index in [-0.39, 0.29) is 18.0 Å². The van der Waals surface area contributed by atoms with Crippen LogP contribution in [0.2, 0.25) is 0 Å². The number of nitrogens with zero attached hydrogens (tertiary/aromatic N) is 4. The molecule has 3 rings (SSSR count). The van der Waals surface area contributed by atoms with Crippen molar-refractivity contribution in [2.45, 2.75) is 44.6 Å². The first-order valence-corrected chi connectivity index (χ1v) is 9.88. The summed E-state index contributed by atoms with van der Waals surface area (Å²) in [5.74, 6) is 1.08. The molecule has 0 atom stereocenters. The summed E-state index contributed by atoms with van der Waals surface area (Å²) in [6, 6.07) is 10.5. The molecule has 0 bridgehead atoms. The summed E-state index contributed by atoms with van der Waals surface area (Å²) in [5, 5.41) is 14.8. The number of anilines is 1. The molecule has 1 amide bonds. The zero-order valence-electron chi connectivity index (χ0n) is 15.7. The van der Waals surface area contributed by atoms with Gasteiger partial charge in [-0.05, 0) is 51.1 Å². The summed E-state index contributed by atoms with van der Waals surface area (Å²) >= 11 is 1.74. The largest absolute Gasteiger partial charge is 0.401 e. The van der Waals surface area contributed by atoms with Gasteiger partial charge in [0.05, 0.1) is 0 Å². The van der Waals surface area contributed by atoms with Crippen LogP contribution in [0.25, 0.3) is 11.6 Å². The Balaban J connectivity index is 1.46. The van der Waals surface area contributed by atoms with E-state index in [1.165, 1.54) is 10.5 Å². The number of carbonyl (C=O) groups is 1. The molecule has 7 nitrogen and oxygen atoms in total. The van der Waals surface area contributed by atoms with Crippen molar-refractivity contribution in [3.63, 3.8) is 0 Å². The Morgan fingerprint density at radius 2 is 2.00 bits per heavy atom. The summed E-state index contributed by atoms with van der Waals surface area (Å²) in [7, 11) is 0. The lowest BCUT2D eigenvalue weighted by atomic mass is 10.2. The summed E-state index contributed by atoms with van der Waals surface area (Å²) in [5.41, 5.74) is 1.97. The number of benzene rings is 1. The van der Waals surface area contributed by atoms with E-state index in [1.807, 2.05) is 13.8 Å². The van der Waals surface area contributed by atoms with Crippen LogP contribution in [0, 0.1) is 6.92 Å². The summed E-state index contributed by atoms with van der Waals surface area (Å²) in [4.78, 5) is 13.3. The number of amides is 1. The van der Waals surface area contributed by atoms with Crippen LogP contribution in [0.15, 0.2) is 45.8 Å². The second-order valence-corrected chi connectivity index (χ2v) is 7.65. The monoisotopic (exact) mass is 385 g/mol. The van der Waals surface area contributed by atoms with Gasteiger partial charge in [-0.3, -0.25) is 14.8 Å². The van der Waals surface area contributed by atoms with Gasteiger partial charge < -0.3 is 4.42 Å². The minimum Gasteiger partial charge on any atom is -0.401 e. The Labute approximate surface area is 162 Å². The van der Waals surface area contributed by atoms with Gasteiger partial charge in [0.15, 0.2) is 0 Å². The molecule has 142 valence electrons. The smallest absolute Gasteiger partial charge is 0.322 e. The van der Waals surface area contributed by atoms with Crippen LogP contribution in [0.1, 0.15) is 38.3 Å². The molecular weight excluding hydrogens is 362 g/mol. The summed E-state index contributed by atoms with van der Waals surface area (Å²) in [6.07, 6.45) is 2.86. The molecule has 1 N–H and O–H groups in total. The van der Waals surface area contributed by atoms with Crippen molar-refractivity contribution in [3.05, 3.63) is 42.1 Å². The Bertz CT molecular complexity index is 886. The first-order valence-electron chi connectivity index (χ1n) is 8.89. The lowest BCUT2D eigenvalue weighted by molar-refractivity contribution is -0.116. The van der Waals surface area contributed by atoms with Gasteiger partial charge in [0.1, 0.15) is 5.69 Å². The highest BCUT2D eigenvalue weighted by Gasteiger charge is 2.16. The summed E-state index contributed by atoms with van der Waals surface area (Å²) in [6.45, 7) is 6.10. The quantitative estimate of drug-likeness (QED) is 0.459. The first kappa shape index (κ1) is 19.2. The van der Waals surface area contributed by atoms with Crippen LogP contribution in [-0.4, -0.2) is 31.6 Å². The van der Waals surface area contributed by atoms with Crippen molar-refractivity contribution in [1.82, 2.24) is 20.0 Å². The average Bonchev–Trinajstić information content (AvgIpc) is 3.29. The van der Waals surface area contributed by atoms with Crippen LogP contribution in [0.3, 0.4) is 0 Å². The number of rotatable bonds is 8. The van der Waals surface area contributed by atoms with Crippen LogP contribution in [-0.2, 0) is 4.79 Å². The van der Waals surface area contributed by atoms with Crippen molar-refractivity contribution in [1.29, 1.82) is 0 Å². The SMILES string of the molecule is Cc1ccc(SCCCC(=O)Nc2nnc(-c3ccnn3C(C)C)o2)cc1. The molecule has 2 heterocycles. The number of nitrogens with one attached hydrogen (secondary N) is 1. The Morgan fingerprint density at radius 1 is 1.22 bits per heavy atom. The Morgan fingerprint density at radius 3 is 2.74 bits per heavy atom. The van der Waals surface area contributed by atoms with E-state index in [4.69, 9.17) is 4.42 Å². The Hall–Kier alpha value is -2.61. The van der Waals surface area contributed by atoms with Gasteiger partial charge in [0.25, 0.3) is 5.89 Å². The van der Waals surface area contributed by atoms with E-state index in [9.17, 15) is 4.79 Å². The fourth-order valence-electron chi connectivity index (χ4n) is 2.51. The molecule has 0 spiro atoms. The maximum absolute atomic E-state index is 12.1. The van der Waals surface area contributed by atoms with E-state index < -0.39 is 0 Å². The third-order valence-electron chi connectivity index (χ3n) is 3.89. The van der Waals surface area contributed by atoms with Crippen LogP contribution in [0.5, 0.6) is 0 Å². The van der Waals surface area contributed by atoms with Gasteiger partial charge >= 0.3 is 6.01 Å². The normalized spacial score (nSPS) is 11.1. The highest BCUT2D eigenvalue weighted by atomic mass is 32.2. The van der Waals surface area contributed by atoms with Crippen LogP contribution >= 0.6 is 11.8 Å². The molecule has 0 aliphatic heterocycles. The van der Waals surface area contributed by atoms with Gasteiger partial charge in [0.2, 0.25) is 5.91 Å². The number of aromatic nitrogens is 4. The van der Waals surface area contributed by atoms with Crippen molar-refractivity contribution < 1.29 is 9.21 Å². The molecule has 0 unspecified atom stereocenters. The van der Waals surface area contributed by atoms with Crippen LogP contribution < -0.4 is 5.32 Å². The van der Waals surface area contributed by atoms with Crippen molar-refractivity contribution in [2.24, 2.45) is 0 Å². The average molecular weight is 385 g/mol. The van der Waals surface area contributed by atoms with E-state index in [0.29, 0.717) is 12.3 Å². The summed E-state index contributed by atoms with van der Waals surface area (Å²) < 4.78 is 7.35. The molecule has 8 heteroatoms. The molecule has 0 aliphatic rings. The molecule has 0 saturated carbocycles. The van der Waals surface area contributed by atoms with E-state index >= 15 is 0 Å². The predicted octanol–water partition coefficient (Wildman–Crippen LogP) is 4.33. The van der Waals surface area contributed by atoms with E-state index in [1.54, 1.807) is 28.7 Å². The van der Waals surface area contributed by atoms with Crippen molar-refractivity contribution in [3.8, 4) is 11.6 Å². The molecule has 0 radical (unpaired) electrons. The molecule has 0 aliphatic carbocycles. The maximum atomic E-state index is 12.1. The topological polar surface area (TPSA) is 85.8 Å². The third kappa shape index (κ3) is 5.19. The predicted molar refractivity (Wildman–Crippen MR) is 106 cm³/mol. The highest BCUT2D eigenvalue weighted by Crippen LogP contribution is 2.23. The van der Waals surface area contributed by atoms with Crippen molar-refractivity contribution in [2.75, 3.05) is 11.1 Å². The Kier molecular flexibility index (Phi) is 6.28. The highest BCUT2D eigenvalue weighted by molar-refractivity contribution is 7.99. The maximum Gasteiger partial charge on any atom is 0.322 e. The molecule has 3 aromatic rings. The first-order chi connectivity index (χ1) is 13.0. The molecular formula is C19H23N5O2S. The molecule has 1 aromatic carbocycles. The van der Waals surface area contributed by atoms with Gasteiger partial charge in [-0.2, -0.15) is 5.10 Å². The van der Waals surface area contributed by atoms with Gasteiger partial charge in [0, 0.05) is 23.6 Å². The van der Waals surface area contributed by atoms with Gasteiger partial charge in [-0.25, -0.2) is 0 Å². The van der Waals surface area contributed by atoms with Gasteiger partial charge in [-0.15, -0.1) is 16.9 Å². The standard InChI is InChI=1S/C19H23N5O2S/c1-13(2)24-16(10-11-20-24)18-22-23-19(26-18)21-17(25)5-4-12-27-15-8-6-14(3)7-9-15/h6-11,13H,4-5,12H2,1-3H3,(H,21,23,25). The number of carbonyl (C=O) groups excluding carboxylic acids is 1. The third-order valence-corrected chi connectivity index (χ3v) is 4.99. The number of hydrogen-bond acceptors (Lipinski definition) is 6. The van der Waals surface area contributed by atoms with E-state index in [0.717, 1.165) is 17.9 Å². The molecule has 0 saturated heterocycles. The molecule has 0 fully saturated rings. The number of aryl methyl sites for hydroxylation is 1. The minimum atomic E-state index is -0.132. The second-order valence-electron chi connectivity index (χ2n) is 6.48. The molecule has 27 heavy (non-hydrogen) atoms. The molecule has 2 aromatic heterocycles. The lowest BCUT2D eigenvalue weighted by Gasteiger charge is -2.07.